The van der Waals surface area contributed by atoms with Gasteiger partial charge in [0, 0.05) is 37.2 Å². The number of amides is 1. The maximum Gasteiger partial charge on any atom is 0.227 e. The summed E-state index contributed by atoms with van der Waals surface area (Å²) in [5.41, 5.74) is 2.34. The predicted octanol–water partition coefficient (Wildman–Crippen LogP) is 3.62. The Morgan fingerprint density at radius 2 is 1.75 bits per heavy atom. The van der Waals surface area contributed by atoms with Gasteiger partial charge in [-0.05, 0) is 30.2 Å². The lowest BCUT2D eigenvalue weighted by Gasteiger charge is -2.40. The molecule has 1 atom stereocenters. The van der Waals surface area contributed by atoms with Crippen LogP contribution >= 0.6 is 11.6 Å². The van der Waals surface area contributed by atoms with Gasteiger partial charge in [-0.2, -0.15) is 0 Å². The molecule has 0 bridgehead atoms. The monoisotopic (exact) mass is 342 g/mol. The van der Waals surface area contributed by atoms with Crippen molar-refractivity contribution in [1.29, 1.82) is 0 Å². The van der Waals surface area contributed by atoms with Crippen LogP contribution in [0, 0.1) is 0 Å². The first-order valence-corrected chi connectivity index (χ1v) is 8.80. The van der Waals surface area contributed by atoms with Crippen LogP contribution in [0.25, 0.3) is 0 Å². The maximum atomic E-state index is 12.5. The van der Waals surface area contributed by atoms with Gasteiger partial charge in [-0.1, -0.05) is 54.1 Å². The zero-order valence-electron chi connectivity index (χ0n) is 14.0. The van der Waals surface area contributed by atoms with Gasteiger partial charge in [0.25, 0.3) is 0 Å². The van der Waals surface area contributed by atoms with E-state index >= 15 is 0 Å². The molecule has 2 aromatic rings. The van der Waals surface area contributed by atoms with E-state index in [9.17, 15) is 4.79 Å². The van der Waals surface area contributed by atoms with Crippen LogP contribution in [0.4, 0.5) is 0 Å². The molecular weight excluding hydrogens is 320 g/mol. The van der Waals surface area contributed by atoms with Crippen LogP contribution in [-0.2, 0) is 17.8 Å². The van der Waals surface area contributed by atoms with Crippen LogP contribution in [0.5, 0.6) is 0 Å². The van der Waals surface area contributed by atoms with Gasteiger partial charge in [0.2, 0.25) is 5.91 Å². The summed E-state index contributed by atoms with van der Waals surface area (Å²) in [6.45, 7) is 5.65. The van der Waals surface area contributed by atoms with Crippen LogP contribution in [0.3, 0.4) is 0 Å². The number of rotatable bonds is 4. The largest absolute Gasteiger partial charge is 0.340 e. The zero-order valence-corrected chi connectivity index (χ0v) is 14.7. The lowest BCUT2D eigenvalue weighted by atomic mass is 10.1. The maximum absolute atomic E-state index is 12.5. The van der Waals surface area contributed by atoms with Crippen LogP contribution < -0.4 is 0 Å². The van der Waals surface area contributed by atoms with Crippen molar-refractivity contribution in [3.63, 3.8) is 0 Å². The zero-order chi connectivity index (χ0) is 16.9. The van der Waals surface area contributed by atoms with Crippen molar-refractivity contribution in [2.45, 2.75) is 25.9 Å². The molecule has 0 aliphatic carbocycles. The topological polar surface area (TPSA) is 23.6 Å². The predicted molar refractivity (Wildman–Crippen MR) is 98.1 cm³/mol. The van der Waals surface area contributed by atoms with E-state index < -0.39 is 0 Å². The Labute approximate surface area is 148 Å². The summed E-state index contributed by atoms with van der Waals surface area (Å²) in [6, 6.07) is 18.4. The Kier molecular flexibility index (Phi) is 5.54. The number of carbonyl (C=O) groups is 1. The third-order valence-corrected chi connectivity index (χ3v) is 4.87. The molecule has 4 heteroatoms. The Hall–Kier alpha value is -1.84. The highest BCUT2D eigenvalue weighted by atomic mass is 35.5. The van der Waals surface area contributed by atoms with Gasteiger partial charge in [0.05, 0.1) is 6.42 Å². The lowest BCUT2D eigenvalue weighted by Crippen LogP contribution is -2.53. The van der Waals surface area contributed by atoms with Crippen LogP contribution in [0.2, 0.25) is 5.02 Å². The Morgan fingerprint density at radius 3 is 2.42 bits per heavy atom. The molecular formula is C20H23ClN2O. The van der Waals surface area contributed by atoms with Crippen molar-refractivity contribution >= 4 is 17.5 Å². The molecule has 2 aromatic carbocycles. The fraction of sp³-hybridized carbons (Fsp3) is 0.350. The van der Waals surface area contributed by atoms with Gasteiger partial charge >= 0.3 is 0 Å². The minimum absolute atomic E-state index is 0.198. The van der Waals surface area contributed by atoms with Crippen molar-refractivity contribution in [3.05, 3.63) is 70.7 Å². The lowest BCUT2D eigenvalue weighted by molar-refractivity contribution is -0.133. The summed E-state index contributed by atoms with van der Waals surface area (Å²) < 4.78 is 0. The average molecular weight is 343 g/mol. The summed E-state index contributed by atoms with van der Waals surface area (Å²) in [5, 5.41) is 0.703. The van der Waals surface area contributed by atoms with E-state index in [0.717, 1.165) is 31.7 Å². The molecule has 1 fully saturated rings. The molecule has 0 saturated carbocycles. The molecule has 3 nitrogen and oxygen atoms in total. The number of nitrogens with zero attached hydrogens (tertiary/aromatic N) is 2. The number of hydrogen-bond donors (Lipinski definition) is 0. The Balaban J connectivity index is 1.54. The SMILES string of the molecule is CC1CN(C(=O)Cc2ccc(Cl)cc2)CCN1Cc1ccccc1. The van der Waals surface area contributed by atoms with E-state index in [4.69, 9.17) is 11.6 Å². The molecule has 1 heterocycles. The number of piperazine rings is 1. The van der Waals surface area contributed by atoms with E-state index in [1.54, 1.807) is 0 Å². The minimum Gasteiger partial charge on any atom is -0.340 e. The van der Waals surface area contributed by atoms with Gasteiger partial charge in [0.1, 0.15) is 0 Å². The molecule has 126 valence electrons. The third kappa shape index (κ3) is 4.37. The molecule has 0 aromatic heterocycles. The Morgan fingerprint density at radius 1 is 1.04 bits per heavy atom. The summed E-state index contributed by atoms with van der Waals surface area (Å²) in [6.07, 6.45) is 0.447. The van der Waals surface area contributed by atoms with Gasteiger partial charge in [-0.15, -0.1) is 0 Å². The number of halogens is 1. The molecule has 1 unspecified atom stereocenters. The standard InChI is InChI=1S/C20H23ClN2O/c1-16-14-23(20(24)13-17-7-9-19(21)10-8-17)12-11-22(16)15-18-5-3-2-4-6-18/h2-10,16H,11-15H2,1H3. The second-order valence-electron chi connectivity index (χ2n) is 6.45. The van der Waals surface area contributed by atoms with E-state index in [1.165, 1.54) is 5.56 Å². The summed E-state index contributed by atoms with van der Waals surface area (Å²) in [5.74, 6) is 0.198. The summed E-state index contributed by atoms with van der Waals surface area (Å²) >= 11 is 5.90. The third-order valence-electron chi connectivity index (χ3n) is 4.61. The molecule has 0 spiro atoms. The van der Waals surface area contributed by atoms with E-state index in [-0.39, 0.29) is 5.91 Å². The van der Waals surface area contributed by atoms with E-state index in [2.05, 4.69) is 36.1 Å². The smallest absolute Gasteiger partial charge is 0.227 e. The molecule has 0 radical (unpaired) electrons. The van der Waals surface area contributed by atoms with Crippen molar-refractivity contribution in [2.75, 3.05) is 19.6 Å². The minimum atomic E-state index is 0.198. The number of hydrogen-bond acceptors (Lipinski definition) is 2. The summed E-state index contributed by atoms with van der Waals surface area (Å²) in [7, 11) is 0. The number of benzene rings is 2. The molecule has 1 aliphatic heterocycles. The van der Waals surface area contributed by atoms with Gasteiger partial charge in [0.15, 0.2) is 0 Å². The van der Waals surface area contributed by atoms with Gasteiger partial charge < -0.3 is 4.90 Å². The first kappa shape index (κ1) is 17.0. The number of carbonyl (C=O) groups excluding carboxylic acids is 1. The highest BCUT2D eigenvalue weighted by molar-refractivity contribution is 6.30. The second-order valence-corrected chi connectivity index (χ2v) is 6.88. The highest BCUT2D eigenvalue weighted by Crippen LogP contribution is 2.16. The molecule has 3 rings (SSSR count). The van der Waals surface area contributed by atoms with E-state index in [1.807, 2.05) is 35.2 Å². The van der Waals surface area contributed by atoms with Crippen LogP contribution in [-0.4, -0.2) is 41.4 Å². The van der Waals surface area contributed by atoms with Crippen molar-refractivity contribution in [3.8, 4) is 0 Å². The molecule has 1 saturated heterocycles. The quantitative estimate of drug-likeness (QED) is 0.847. The van der Waals surface area contributed by atoms with Crippen molar-refractivity contribution < 1.29 is 4.79 Å². The fourth-order valence-electron chi connectivity index (χ4n) is 3.16. The highest BCUT2D eigenvalue weighted by Gasteiger charge is 2.26. The van der Waals surface area contributed by atoms with Crippen LogP contribution in [0.15, 0.2) is 54.6 Å². The molecule has 24 heavy (non-hydrogen) atoms. The normalized spacial score (nSPS) is 18.6. The molecule has 0 N–H and O–H groups in total. The van der Waals surface area contributed by atoms with E-state index in [0.29, 0.717) is 17.5 Å². The summed E-state index contributed by atoms with van der Waals surface area (Å²) in [4.78, 5) is 17.0. The first-order chi connectivity index (χ1) is 11.6. The average Bonchev–Trinajstić information content (AvgIpc) is 2.59. The van der Waals surface area contributed by atoms with Crippen LogP contribution in [0.1, 0.15) is 18.1 Å². The van der Waals surface area contributed by atoms with Crippen molar-refractivity contribution in [1.82, 2.24) is 9.80 Å². The van der Waals surface area contributed by atoms with Crippen molar-refractivity contribution in [2.24, 2.45) is 0 Å². The Bertz CT molecular complexity index is 672. The first-order valence-electron chi connectivity index (χ1n) is 8.42. The molecule has 1 aliphatic rings. The van der Waals surface area contributed by atoms with Gasteiger partial charge in [-0.25, -0.2) is 0 Å². The molecule has 1 amide bonds. The second kappa shape index (κ2) is 7.82. The van der Waals surface area contributed by atoms with Gasteiger partial charge in [-0.3, -0.25) is 9.69 Å². The fourth-order valence-corrected chi connectivity index (χ4v) is 3.29.